The summed E-state index contributed by atoms with van der Waals surface area (Å²) in [4.78, 5) is 48.9. The number of hydrogen-bond donors (Lipinski definition) is 3. The molecule has 0 bridgehead atoms. The van der Waals surface area contributed by atoms with E-state index in [1.165, 1.54) is 30.3 Å². The molecule has 0 unspecified atom stereocenters. The van der Waals surface area contributed by atoms with Gasteiger partial charge in [-0.2, -0.15) is 0 Å². The number of rotatable bonds is 5. The Labute approximate surface area is 162 Å². The summed E-state index contributed by atoms with van der Waals surface area (Å²) in [5, 5.41) is 12.7. The molecular formula is C18H15ClN4O5. The number of benzene rings is 2. The van der Waals surface area contributed by atoms with Gasteiger partial charge in [0, 0.05) is 5.02 Å². The number of primary amides is 1. The zero-order valence-corrected chi connectivity index (χ0v) is 15.1. The molecular weight excluding hydrogens is 388 g/mol. The van der Waals surface area contributed by atoms with Crippen LogP contribution in [0.2, 0.25) is 5.02 Å². The smallest absolute Gasteiger partial charge is 0.332 e. The molecule has 0 radical (unpaired) electrons. The quantitative estimate of drug-likeness (QED) is 0.538. The van der Waals surface area contributed by atoms with E-state index in [2.05, 4.69) is 5.32 Å². The summed E-state index contributed by atoms with van der Waals surface area (Å²) in [5.74, 6) is -1.71. The Morgan fingerprint density at radius 3 is 2.50 bits per heavy atom. The van der Waals surface area contributed by atoms with Crippen LogP contribution in [0.3, 0.4) is 0 Å². The number of phenolic OH excluding ortho intramolecular Hbond substituents is 1. The maximum Gasteiger partial charge on any atom is 0.332 e. The number of para-hydroxylation sites is 1. The van der Waals surface area contributed by atoms with Gasteiger partial charge in [-0.25, -0.2) is 4.79 Å². The van der Waals surface area contributed by atoms with Crippen LogP contribution in [0.4, 0.5) is 5.69 Å². The van der Waals surface area contributed by atoms with Crippen molar-refractivity contribution in [3.8, 4) is 5.75 Å². The van der Waals surface area contributed by atoms with Crippen molar-refractivity contribution in [1.29, 1.82) is 0 Å². The fourth-order valence-corrected chi connectivity index (χ4v) is 2.93. The molecule has 4 N–H and O–H groups in total. The average Bonchev–Trinajstić information content (AvgIpc) is 2.65. The summed E-state index contributed by atoms with van der Waals surface area (Å²) < 4.78 is 1.73. The third-order valence-corrected chi connectivity index (χ3v) is 4.22. The van der Waals surface area contributed by atoms with E-state index in [1.54, 1.807) is 12.1 Å². The molecule has 3 aromatic rings. The first-order chi connectivity index (χ1) is 13.3. The molecule has 144 valence electrons. The highest BCUT2D eigenvalue weighted by molar-refractivity contribution is 6.31. The van der Waals surface area contributed by atoms with Gasteiger partial charge in [0.25, 0.3) is 5.56 Å². The topological polar surface area (TPSA) is 136 Å². The van der Waals surface area contributed by atoms with Crippen molar-refractivity contribution < 1.29 is 14.7 Å². The van der Waals surface area contributed by atoms with Gasteiger partial charge in [0.05, 0.1) is 16.6 Å². The lowest BCUT2D eigenvalue weighted by Gasteiger charge is -2.14. The molecule has 3 rings (SSSR count). The van der Waals surface area contributed by atoms with Gasteiger partial charge in [-0.05, 0) is 30.3 Å². The van der Waals surface area contributed by atoms with Crippen molar-refractivity contribution >= 4 is 40.0 Å². The van der Waals surface area contributed by atoms with Crippen LogP contribution in [-0.2, 0) is 22.7 Å². The molecule has 28 heavy (non-hydrogen) atoms. The zero-order chi connectivity index (χ0) is 20.4. The number of amides is 2. The first-order valence-corrected chi connectivity index (χ1v) is 8.45. The van der Waals surface area contributed by atoms with Gasteiger partial charge in [-0.3, -0.25) is 23.5 Å². The molecule has 0 aliphatic rings. The van der Waals surface area contributed by atoms with E-state index in [-0.39, 0.29) is 22.3 Å². The number of aromatic hydroxyl groups is 1. The number of nitrogens with two attached hydrogens (primary N) is 1. The number of halogens is 1. The van der Waals surface area contributed by atoms with Gasteiger partial charge < -0.3 is 16.2 Å². The van der Waals surface area contributed by atoms with Crippen LogP contribution in [0, 0.1) is 0 Å². The van der Waals surface area contributed by atoms with Gasteiger partial charge >= 0.3 is 5.69 Å². The molecule has 2 aromatic carbocycles. The summed E-state index contributed by atoms with van der Waals surface area (Å²) in [5.41, 5.74) is 3.89. The van der Waals surface area contributed by atoms with Crippen molar-refractivity contribution in [2.24, 2.45) is 5.73 Å². The van der Waals surface area contributed by atoms with Crippen LogP contribution in [0.25, 0.3) is 10.9 Å². The van der Waals surface area contributed by atoms with Crippen LogP contribution in [0.1, 0.15) is 0 Å². The molecule has 0 aliphatic carbocycles. The summed E-state index contributed by atoms with van der Waals surface area (Å²) in [6.07, 6.45) is 0. The summed E-state index contributed by atoms with van der Waals surface area (Å²) in [6.45, 7) is -1.08. The summed E-state index contributed by atoms with van der Waals surface area (Å²) >= 11 is 5.85. The normalized spacial score (nSPS) is 10.8. The third kappa shape index (κ3) is 3.74. The van der Waals surface area contributed by atoms with Crippen molar-refractivity contribution in [2.75, 3.05) is 5.32 Å². The first kappa shape index (κ1) is 19.2. The maximum atomic E-state index is 12.7. The molecule has 0 spiro atoms. The minimum atomic E-state index is -0.866. The lowest BCUT2D eigenvalue weighted by molar-refractivity contribution is -0.118. The second-order valence-corrected chi connectivity index (χ2v) is 6.39. The number of phenols is 1. The Morgan fingerprint density at radius 1 is 1.07 bits per heavy atom. The fourth-order valence-electron chi connectivity index (χ4n) is 2.76. The molecule has 0 saturated carbocycles. The minimum Gasteiger partial charge on any atom is -0.506 e. The van der Waals surface area contributed by atoms with Gasteiger partial charge in [-0.15, -0.1) is 0 Å². The van der Waals surface area contributed by atoms with E-state index >= 15 is 0 Å². The van der Waals surface area contributed by atoms with Crippen molar-refractivity contribution in [3.63, 3.8) is 0 Å². The SMILES string of the molecule is NC(=O)Cn1c(=O)c2ccccc2n(CC(=O)Nc2cc(Cl)ccc2O)c1=O. The molecule has 0 fully saturated rings. The molecule has 1 aromatic heterocycles. The van der Waals surface area contributed by atoms with E-state index in [0.717, 1.165) is 4.57 Å². The van der Waals surface area contributed by atoms with Crippen LogP contribution >= 0.6 is 11.6 Å². The standard InChI is InChI=1S/C18H15ClN4O5/c19-10-5-6-14(24)12(7-10)21-16(26)9-22-13-4-2-1-3-11(13)17(27)23(18(22)28)8-15(20)25/h1-7,24H,8-9H2,(H2,20,25)(H,21,26). The largest absolute Gasteiger partial charge is 0.506 e. The highest BCUT2D eigenvalue weighted by Gasteiger charge is 2.17. The highest BCUT2D eigenvalue weighted by Crippen LogP contribution is 2.26. The molecule has 0 saturated heterocycles. The number of carbonyl (C=O) groups excluding carboxylic acids is 2. The van der Waals surface area contributed by atoms with E-state index in [9.17, 15) is 24.3 Å². The predicted octanol–water partition coefficient (Wildman–Crippen LogP) is 0.646. The van der Waals surface area contributed by atoms with E-state index in [1.807, 2.05) is 0 Å². The number of nitrogens with one attached hydrogen (secondary N) is 1. The van der Waals surface area contributed by atoms with E-state index in [0.29, 0.717) is 9.59 Å². The number of hydrogen-bond acceptors (Lipinski definition) is 5. The maximum absolute atomic E-state index is 12.7. The Bertz CT molecular complexity index is 1210. The predicted molar refractivity (Wildman–Crippen MR) is 103 cm³/mol. The number of anilines is 1. The van der Waals surface area contributed by atoms with E-state index in [4.69, 9.17) is 17.3 Å². The average molecular weight is 403 g/mol. The molecule has 9 nitrogen and oxygen atoms in total. The number of nitrogens with zero attached hydrogens (tertiary/aromatic N) is 2. The molecule has 2 amide bonds. The summed E-state index contributed by atoms with van der Waals surface area (Å²) in [7, 11) is 0. The van der Waals surface area contributed by atoms with E-state index < -0.39 is 36.2 Å². The monoisotopic (exact) mass is 402 g/mol. The van der Waals surface area contributed by atoms with Crippen LogP contribution in [0.15, 0.2) is 52.1 Å². The molecule has 0 atom stereocenters. The van der Waals surface area contributed by atoms with Crippen LogP contribution in [-0.4, -0.2) is 26.1 Å². The number of aromatic nitrogens is 2. The Morgan fingerprint density at radius 2 is 1.79 bits per heavy atom. The summed E-state index contributed by atoms with van der Waals surface area (Å²) in [6, 6.07) is 10.3. The Balaban J connectivity index is 2.06. The van der Waals surface area contributed by atoms with Crippen molar-refractivity contribution in [3.05, 3.63) is 68.3 Å². The van der Waals surface area contributed by atoms with Gasteiger partial charge in [0.1, 0.15) is 18.8 Å². The fraction of sp³-hybridized carbons (Fsp3) is 0.111. The van der Waals surface area contributed by atoms with Gasteiger partial charge in [0.15, 0.2) is 0 Å². The van der Waals surface area contributed by atoms with Crippen molar-refractivity contribution in [1.82, 2.24) is 9.13 Å². The first-order valence-electron chi connectivity index (χ1n) is 8.07. The zero-order valence-electron chi connectivity index (χ0n) is 14.4. The molecule has 1 heterocycles. The number of carbonyl (C=O) groups is 2. The lowest BCUT2D eigenvalue weighted by Crippen LogP contribution is -2.44. The highest BCUT2D eigenvalue weighted by atomic mass is 35.5. The Kier molecular flexibility index (Phi) is 5.18. The molecule has 0 aliphatic heterocycles. The van der Waals surface area contributed by atoms with Crippen molar-refractivity contribution in [2.45, 2.75) is 13.1 Å². The van der Waals surface area contributed by atoms with Crippen LogP contribution in [0.5, 0.6) is 5.75 Å². The molecule has 10 heteroatoms. The van der Waals surface area contributed by atoms with Gasteiger partial charge in [0.2, 0.25) is 11.8 Å². The third-order valence-electron chi connectivity index (χ3n) is 3.98. The second-order valence-electron chi connectivity index (χ2n) is 5.95. The Hall–Kier alpha value is -3.59. The van der Waals surface area contributed by atoms with Gasteiger partial charge in [-0.1, -0.05) is 23.7 Å². The number of fused-ring (bicyclic) bond motifs is 1. The lowest BCUT2D eigenvalue weighted by atomic mass is 10.2. The minimum absolute atomic E-state index is 0.0697. The second kappa shape index (κ2) is 7.57. The van der Waals surface area contributed by atoms with Crippen LogP contribution < -0.4 is 22.3 Å².